The maximum Gasteiger partial charge on any atom is 0.222 e. The standard InChI is InChI=1S/C17H25NO2.C2H6/c1-4-17(19)18-11-15(13(3)20-5-2)16(12-18)14-9-7-6-8-10-14;1-2/h6-10,13,15-16H,4-5,11-12H2,1-3H3;1-2H3/t13-,15+,16+;/m1./s1. The Morgan fingerprint density at radius 3 is 2.41 bits per heavy atom. The minimum atomic E-state index is 0.180. The first-order valence-electron chi connectivity index (χ1n) is 8.61. The lowest BCUT2D eigenvalue weighted by Crippen LogP contribution is -2.30. The largest absolute Gasteiger partial charge is 0.378 e. The molecule has 124 valence electrons. The van der Waals surface area contributed by atoms with Crippen LogP contribution < -0.4 is 0 Å². The minimum Gasteiger partial charge on any atom is -0.378 e. The van der Waals surface area contributed by atoms with Gasteiger partial charge in [0.15, 0.2) is 0 Å². The molecule has 1 amide bonds. The smallest absolute Gasteiger partial charge is 0.222 e. The number of hydrogen-bond acceptors (Lipinski definition) is 2. The highest BCUT2D eigenvalue weighted by molar-refractivity contribution is 5.76. The third-order valence-corrected chi connectivity index (χ3v) is 4.28. The first-order valence-corrected chi connectivity index (χ1v) is 8.61. The fourth-order valence-corrected chi connectivity index (χ4v) is 3.17. The third kappa shape index (κ3) is 4.57. The molecule has 2 rings (SSSR count). The van der Waals surface area contributed by atoms with Gasteiger partial charge in [0.25, 0.3) is 0 Å². The van der Waals surface area contributed by atoms with Crippen LogP contribution in [0.1, 0.15) is 52.5 Å². The van der Waals surface area contributed by atoms with E-state index in [-0.39, 0.29) is 12.0 Å². The summed E-state index contributed by atoms with van der Waals surface area (Å²) in [5.74, 6) is 1.01. The lowest BCUT2D eigenvalue weighted by molar-refractivity contribution is -0.130. The number of nitrogens with zero attached hydrogens (tertiary/aromatic N) is 1. The maximum absolute atomic E-state index is 12.0. The first-order chi connectivity index (χ1) is 10.7. The molecule has 1 fully saturated rings. The van der Waals surface area contributed by atoms with Crippen molar-refractivity contribution in [3.05, 3.63) is 35.9 Å². The van der Waals surface area contributed by atoms with Gasteiger partial charge in [0.05, 0.1) is 6.10 Å². The highest BCUT2D eigenvalue weighted by Gasteiger charge is 2.38. The second kappa shape index (κ2) is 9.62. The van der Waals surface area contributed by atoms with E-state index in [9.17, 15) is 4.79 Å². The quantitative estimate of drug-likeness (QED) is 0.820. The van der Waals surface area contributed by atoms with E-state index in [1.54, 1.807) is 0 Å². The number of ether oxygens (including phenoxy) is 1. The number of rotatable bonds is 5. The summed E-state index contributed by atoms with van der Waals surface area (Å²) >= 11 is 0. The van der Waals surface area contributed by atoms with Gasteiger partial charge in [-0.1, -0.05) is 51.1 Å². The average molecular weight is 305 g/mol. The SMILES string of the molecule is CC.CCO[C@H](C)[C@@H]1CN(C(=O)CC)C[C@H]1c1ccccc1. The molecule has 0 spiro atoms. The van der Waals surface area contributed by atoms with Crippen molar-refractivity contribution in [2.75, 3.05) is 19.7 Å². The van der Waals surface area contributed by atoms with Crippen LogP contribution in [-0.2, 0) is 9.53 Å². The number of carbonyl (C=O) groups excluding carboxylic acids is 1. The molecular formula is C19H31NO2. The van der Waals surface area contributed by atoms with Crippen molar-refractivity contribution in [3.8, 4) is 0 Å². The fourth-order valence-electron chi connectivity index (χ4n) is 3.17. The van der Waals surface area contributed by atoms with E-state index in [2.05, 4.69) is 31.2 Å². The predicted molar refractivity (Wildman–Crippen MR) is 92.0 cm³/mol. The van der Waals surface area contributed by atoms with Gasteiger partial charge in [-0.05, 0) is 19.4 Å². The Balaban J connectivity index is 0.00000116. The maximum atomic E-state index is 12.0. The van der Waals surface area contributed by atoms with Crippen molar-refractivity contribution in [3.63, 3.8) is 0 Å². The molecule has 1 aliphatic heterocycles. The van der Waals surface area contributed by atoms with Crippen molar-refractivity contribution in [2.24, 2.45) is 5.92 Å². The van der Waals surface area contributed by atoms with Crippen LogP contribution in [0.3, 0.4) is 0 Å². The zero-order valence-electron chi connectivity index (χ0n) is 14.7. The summed E-state index contributed by atoms with van der Waals surface area (Å²) in [5, 5.41) is 0. The van der Waals surface area contributed by atoms with Gasteiger partial charge in [-0.3, -0.25) is 4.79 Å². The summed E-state index contributed by atoms with van der Waals surface area (Å²) in [7, 11) is 0. The Morgan fingerprint density at radius 1 is 1.23 bits per heavy atom. The van der Waals surface area contributed by atoms with Crippen LogP contribution in [-0.4, -0.2) is 36.6 Å². The monoisotopic (exact) mass is 305 g/mol. The Kier molecular flexibility index (Phi) is 8.18. The Morgan fingerprint density at radius 2 is 1.86 bits per heavy atom. The van der Waals surface area contributed by atoms with Crippen molar-refractivity contribution in [1.82, 2.24) is 4.90 Å². The van der Waals surface area contributed by atoms with Crippen molar-refractivity contribution in [2.45, 2.75) is 53.1 Å². The van der Waals surface area contributed by atoms with E-state index in [0.29, 0.717) is 18.3 Å². The summed E-state index contributed by atoms with van der Waals surface area (Å²) in [4.78, 5) is 14.0. The molecule has 0 unspecified atom stereocenters. The molecule has 3 heteroatoms. The second-order valence-corrected chi connectivity index (χ2v) is 5.49. The summed E-state index contributed by atoms with van der Waals surface area (Å²) in [6.45, 7) is 12.4. The molecule has 0 radical (unpaired) electrons. The molecule has 0 bridgehead atoms. The number of carbonyl (C=O) groups is 1. The number of benzene rings is 1. The Hall–Kier alpha value is -1.35. The number of likely N-dealkylation sites (tertiary alicyclic amines) is 1. The summed E-state index contributed by atoms with van der Waals surface area (Å²) in [5.41, 5.74) is 1.32. The zero-order chi connectivity index (χ0) is 16.5. The zero-order valence-corrected chi connectivity index (χ0v) is 14.7. The average Bonchev–Trinajstić information content (AvgIpc) is 3.02. The van der Waals surface area contributed by atoms with Gasteiger partial charge in [-0.25, -0.2) is 0 Å². The van der Waals surface area contributed by atoms with Crippen LogP contribution in [0.25, 0.3) is 0 Å². The molecule has 3 nitrogen and oxygen atoms in total. The highest BCUT2D eigenvalue weighted by Crippen LogP contribution is 2.36. The van der Waals surface area contributed by atoms with Gasteiger partial charge in [0, 0.05) is 38.0 Å². The van der Waals surface area contributed by atoms with Crippen LogP contribution in [0, 0.1) is 5.92 Å². The van der Waals surface area contributed by atoms with E-state index in [0.717, 1.165) is 19.7 Å². The van der Waals surface area contributed by atoms with E-state index >= 15 is 0 Å². The molecule has 1 aromatic rings. The van der Waals surface area contributed by atoms with Gasteiger partial charge in [0.2, 0.25) is 5.91 Å². The number of amides is 1. The fraction of sp³-hybridized carbons (Fsp3) is 0.632. The van der Waals surface area contributed by atoms with Crippen LogP contribution in [0.15, 0.2) is 30.3 Å². The van der Waals surface area contributed by atoms with Crippen LogP contribution in [0.5, 0.6) is 0 Å². The van der Waals surface area contributed by atoms with Crippen molar-refractivity contribution in [1.29, 1.82) is 0 Å². The second-order valence-electron chi connectivity index (χ2n) is 5.49. The topological polar surface area (TPSA) is 29.5 Å². The molecule has 3 atom stereocenters. The van der Waals surface area contributed by atoms with Gasteiger partial charge in [0.1, 0.15) is 0 Å². The summed E-state index contributed by atoms with van der Waals surface area (Å²) in [6, 6.07) is 10.5. The van der Waals surface area contributed by atoms with E-state index in [1.807, 2.05) is 38.7 Å². The normalized spacial score (nSPS) is 22.0. The van der Waals surface area contributed by atoms with Gasteiger partial charge < -0.3 is 9.64 Å². The number of hydrogen-bond donors (Lipinski definition) is 0. The third-order valence-electron chi connectivity index (χ3n) is 4.28. The molecule has 0 N–H and O–H groups in total. The predicted octanol–water partition coefficient (Wildman–Crippen LogP) is 4.09. The molecular weight excluding hydrogens is 274 g/mol. The Labute approximate surface area is 135 Å². The lowest BCUT2D eigenvalue weighted by Gasteiger charge is -2.24. The van der Waals surface area contributed by atoms with Gasteiger partial charge in [-0.15, -0.1) is 0 Å². The van der Waals surface area contributed by atoms with E-state index < -0.39 is 0 Å². The van der Waals surface area contributed by atoms with Gasteiger partial charge in [-0.2, -0.15) is 0 Å². The van der Waals surface area contributed by atoms with E-state index in [4.69, 9.17) is 4.74 Å². The molecule has 1 aliphatic rings. The Bertz CT molecular complexity index is 432. The molecule has 1 heterocycles. The van der Waals surface area contributed by atoms with E-state index in [1.165, 1.54) is 5.56 Å². The van der Waals surface area contributed by atoms with Crippen LogP contribution in [0.4, 0.5) is 0 Å². The molecule has 0 aromatic heterocycles. The molecule has 1 saturated heterocycles. The van der Waals surface area contributed by atoms with Crippen molar-refractivity contribution >= 4 is 5.91 Å². The van der Waals surface area contributed by atoms with Crippen LogP contribution >= 0.6 is 0 Å². The molecule has 0 saturated carbocycles. The van der Waals surface area contributed by atoms with Crippen molar-refractivity contribution < 1.29 is 9.53 Å². The highest BCUT2D eigenvalue weighted by atomic mass is 16.5. The lowest BCUT2D eigenvalue weighted by atomic mass is 9.86. The molecule has 1 aromatic carbocycles. The van der Waals surface area contributed by atoms with Crippen LogP contribution in [0.2, 0.25) is 0 Å². The summed E-state index contributed by atoms with van der Waals surface area (Å²) in [6.07, 6.45) is 0.761. The molecule has 0 aliphatic carbocycles. The summed E-state index contributed by atoms with van der Waals surface area (Å²) < 4.78 is 5.80. The van der Waals surface area contributed by atoms with Gasteiger partial charge >= 0.3 is 0 Å². The minimum absolute atomic E-state index is 0.180. The molecule has 22 heavy (non-hydrogen) atoms. The first kappa shape index (κ1) is 18.7.